The van der Waals surface area contributed by atoms with Crippen molar-refractivity contribution < 1.29 is 14.6 Å². The molecule has 0 amide bonds. The van der Waals surface area contributed by atoms with Gasteiger partial charge in [-0.2, -0.15) is 0 Å². The van der Waals surface area contributed by atoms with Crippen LogP contribution in [0.2, 0.25) is 0 Å². The van der Waals surface area contributed by atoms with Gasteiger partial charge in [-0.05, 0) is 6.42 Å². The van der Waals surface area contributed by atoms with Crippen molar-refractivity contribution >= 4 is 0 Å². The molecule has 54 valence electrons. The number of aliphatic hydroxyl groups excluding tert-OH is 2. The maximum absolute atomic E-state index is 12.3. The second-order valence-electron chi connectivity index (χ2n) is 1.79. The lowest BCUT2D eigenvalue weighted by atomic mass is 10.2. The molecule has 2 nitrogen and oxygen atoms in total. The number of rotatable bonds is 4. The lowest BCUT2D eigenvalue weighted by Gasteiger charge is -2.09. The highest BCUT2D eigenvalue weighted by atomic mass is 19.1. The smallest absolute Gasteiger partial charge is 0.132 e. The Kier molecular flexibility index (Phi) is 4.26. The SMILES string of the molecule is C=CCC(F)C(O)CO. The van der Waals surface area contributed by atoms with Gasteiger partial charge >= 0.3 is 0 Å². The van der Waals surface area contributed by atoms with E-state index in [1.807, 2.05) is 0 Å². The van der Waals surface area contributed by atoms with Crippen molar-refractivity contribution in [1.29, 1.82) is 0 Å². The van der Waals surface area contributed by atoms with Gasteiger partial charge in [0.15, 0.2) is 0 Å². The Hall–Kier alpha value is -0.410. The molecule has 3 heteroatoms. The topological polar surface area (TPSA) is 40.5 Å². The van der Waals surface area contributed by atoms with Gasteiger partial charge < -0.3 is 10.2 Å². The van der Waals surface area contributed by atoms with E-state index in [4.69, 9.17) is 10.2 Å². The zero-order chi connectivity index (χ0) is 7.28. The summed E-state index contributed by atoms with van der Waals surface area (Å²) in [5.74, 6) is 0. The van der Waals surface area contributed by atoms with E-state index in [1.165, 1.54) is 6.08 Å². The van der Waals surface area contributed by atoms with E-state index in [9.17, 15) is 4.39 Å². The van der Waals surface area contributed by atoms with Gasteiger partial charge in [-0.3, -0.25) is 0 Å². The summed E-state index contributed by atoms with van der Waals surface area (Å²) in [7, 11) is 0. The Morgan fingerprint density at radius 2 is 2.22 bits per heavy atom. The molecule has 9 heavy (non-hydrogen) atoms. The molecule has 0 bridgehead atoms. The van der Waals surface area contributed by atoms with Crippen LogP contribution in [0.3, 0.4) is 0 Å². The standard InChI is InChI=1S/C6H11FO2/c1-2-3-5(7)6(9)4-8/h2,5-6,8-9H,1,3-4H2. The molecule has 2 atom stereocenters. The van der Waals surface area contributed by atoms with E-state index in [0.29, 0.717) is 0 Å². The van der Waals surface area contributed by atoms with Crippen LogP contribution in [0.25, 0.3) is 0 Å². The second-order valence-corrected chi connectivity index (χ2v) is 1.79. The predicted octanol–water partition coefficient (Wildman–Crippen LogP) is 0.254. The fraction of sp³-hybridized carbons (Fsp3) is 0.667. The Bertz CT molecular complexity index is 85.1. The monoisotopic (exact) mass is 134 g/mol. The Balaban J connectivity index is 3.44. The summed E-state index contributed by atoms with van der Waals surface area (Å²) in [6.07, 6.45) is -1.19. The fourth-order valence-electron chi connectivity index (χ4n) is 0.431. The third-order valence-corrected chi connectivity index (χ3v) is 0.996. The summed E-state index contributed by atoms with van der Waals surface area (Å²) in [4.78, 5) is 0. The summed E-state index contributed by atoms with van der Waals surface area (Å²) in [6, 6.07) is 0. The minimum atomic E-state index is -1.38. The van der Waals surface area contributed by atoms with Crippen LogP contribution in [-0.4, -0.2) is 29.1 Å². The molecule has 0 aliphatic carbocycles. The lowest BCUT2D eigenvalue weighted by Crippen LogP contribution is -2.24. The highest BCUT2D eigenvalue weighted by molar-refractivity contribution is 4.77. The molecular formula is C6H11FO2. The molecule has 2 N–H and O–H groups in total. The Labute approximate surface area is 53.6 Å². The third kappa shape index (κ3) is 3.21. The van der Waals surface area contributed by atoms with Crippen molar-refractivity contribution in [2.24, 2.45) is 0 Å². The number of halogens is 1. The van der Waals surface area contributed by atoms with E-state index in [0.717, 1.165) is 0 Å². The summed E-state index contributed by atoms with van der Waals surface area (Å²) >= 11 is 0. The van der Waals surface area contributed by atoms with Crippen LogP contribution in [0.15, 0.2) is 12.7 Å². The van der Waals surface area contributed by atoms with Crippen LogP contribution in [0.5, 0.6) is 0 Å². The highest BCUT2D eigenvalue weighted by Crippen LogP contribution is 2.03. The molecule has 0 spiro atoms. The van der Waals surface area contributed by atoms with Crippen molar-refractivity contribution in [3.8, 4) is 0 Å². The zero-order valence-corrected chi connectivity index (χ0v) is 5.13. The first kappa shape index (κ1) is 8.59. The first-order valence-corrected chi connectivity index (χ1v) is 2.76. The highest BCUT2D eigenvalue weighted by Gasteiger charge is 2.14. The molecule has 0 heterocycles. The molecule has 0 aromatic rings. The molecule has 0 aromatic carbocycles. The average molecular weight is 134 g/mol. The van der Waals surface area contributed by atoms with E-state index in [-0.39, 0.29) is 6.42 Å². The number of allylic oxidation sites excluding steroid dienone is 1. The maximum atomic E-state index is 12.3. The van der Waals surface area contributed by atoms with Gasteiger partial charge in [0.1, 0.15) is 12.3 Å². The molecular weight excluding hydrogens is 123 g/mol. The number of hydrogen-bond donors (Lipinski definition) is 2. The molecule has 0 saturated heterocycles. The average Bonchev–Trinajstić information content (AvgIpc) is 1.87. The lowest BCUT2D eigenvalue weighted by molar-refractivity contribution is 0.0299. The van der Waals surface area contributed by atoms with Crippen LogP contribution >= 0.6 is 0 Å². The summed E-state index contributed by atoms with van der Waals surface area (Å²) in [5, 5.41) is 16.8. The van der Waals surface area contributed by atoms with Crippen molar-refractivity contribution in [2.75, 3.05) is 6.61 Å². The van der Waals surface area contributed by atoms with Gasteiger partial charge in [0, 0.05) is 0 Å². The fourth-order valence-corrected chi connectivity index (χ4v) is 0.431. The molecule has 2 unspecified atom stereocenters. The van der Waals surface area contributed by atoms with Crippen LogP contribution in [0.4, 0.5) is 4.39 Å². The van der Waals surface area contributed by atoms with Crippen molar-refractivity contribution in [1.82, 2.24) is 0 Å². The molecule has 0 fully saturated rings. The Morgan fingerprint density at radius 1 is 1.67 bits per heavy atom. The van der Waals surface area contributed by atoms with E-state index >= 15 is 0 Å². The molecule has 0 radical (unpaired) electrons. The summed E-state index contributed by atoms with van der Waals surface area (Å²) in [6.45, 7) is 2.75. The minimum Gasteiger partial charge on any atom is -0.394 e. The van der Waals surface area contributed by atoms with Crippen LogP contribution < -0.4 is 0 Å². The van der Waals surface area contributed by atoms with Gasteiger partial charge in [0.25, 0.3) is 0 Å². The van der Waals surface area contributed by atoms with Crippen molar-refractivity contribution in [3.05, 3.63) is 12.7 Å². The van der Waals surface area contributed by atoms with E-state index in [2.05, 4.69) is 6.58 Å². The van der Waals surface area contributed by atoms with Gasteiger partial charge in [-0.15, -0.1) is 6.58 Å². The first-order valence-electron chi connectivity index (χ1n) is 2.76. The van der Waals surface area contributed by atoms with Crippen LogP contribution in [0.1, 0.15) is 6.42 Å². The van der Waals surface area contributed by atoms with Crippen LogP contribution in [-0.2, 0) is 0 Å². The quantitative estimate of drug-likeness (QED) is 0.541. The van der Waals surface area contributed by atoms with E-state index < -0.39 is 18.9 Å². The zero-order valence-electron chi connectivity index (χ0n) is 5.13. The second kappa shape index (κ2) is 4.47. The number of hydrogen-bond acceptors (Lipinski definition) is 2. The van der Waals surface area contributed by atoms with E-state index in [1.54, 1.807) is 0 Å². The predicted molar refractivity (Wildman–Crippen MR) is 32.8 cm³/mol. The largest absolute Gasteiger partial charge is 0.394 e. The first-order chi connectivity index (χ1) is 4.22. The molecule has 0 aromatic heterocycles. The van der Waals surface area contributed by atoms with Gasteiger partial charge in [-0.1, -0.05) is 6.08 Å². The van der Waals surface area contributed by atoms with Crippen molar-refractivity contribution in [3.63, 3.8) is 0 Å². The minimum absolute atomic E-state index is 0.0850. The molecule has 0 saturated carbocycles. The normalized spacial score (nSPS) is 16.8. The molecule has 0 rings (SSSR count). The third-order valence-electron chi connectivity index (χ3n) is 0.996. The molecule has 0 aliphatic heterocycles. The Morgan fingerprint density at radius 3 is 2.56 bits per heavy atom. The number of alkyl halides is 1. The van der Waals surface area contributed by atoms with Gasteiger partial charge in [0.2, 0.25) is 0 Å². The van der Waals surface area contributed by atoms with Gasteiger partial charge in [0.05, 0.1) is 6.61 Å². The van der Waals surface area contributed by atoms with Crippen molar-refractivity contribution in [2.45, 2.75) is 18.7 Å². The summed E-state index contributed by atoms with van der Waals surface area (Å²) in [5.41, 5.74) is 0. The number of aliphatic hydroxyl groups is 2. The van der Waals surface area contributed by atoms with Crippen LogP contribution in [0, 0.1) is 0 Å². The van der Waals surface area contributed by atoms with Gasteiger partial charge in [-0.25, -0.2) is 4.39 Å². The summed E-state index contributed by atoms with van der Waals surface area (Å²) < 4.78 is 12.3. The molecule has 0 aliphatic rings. The maximum Gasteiger partial charge on any atom is 0.132 e.